The Morgan fingerprint density at radius 1 is 1.18 bits per heavy atom. The zero-order valence-electron chi connectivity index (χ0n) is 10.3. The Balaban J connectivity index is 2.83. The van der Waals surface area contributed by atoms with E-state index >= 15 is 0 Å². The van der Waals surface area contributed by atoms with Gasteiger partial charge in [0.15, 0.2) is 0 Å². The van der Waals surface area contributed by atoms with E-state index in [1.165, 1.54) is 0 Å². The molecule has 1 aromatic rings. The highest BCUT2D eigenvalue weighted by atomic mass is 35.5. The maximum atomic E-state index is 11.9. The monoisotopic (exact) mass is 275 g/mol. The molecular formula is C12H18ClNO2S. The first-order valence-electron chi connectivity index (χ1n) is 5.43. The number of hydrogen-bond donors (Lipinski definition) is 1. The topological polar surface area (TPSA) is 46.2 Å². The fourth-order valence-electron chi connectivity index (χ4n) is 1.16. The van der Waals surface area contributed by atoms with Crippen molar-refractivity contribution in [3.05, 3.63) is 29.8 Å². The lowest BCUT2D eigenvalue weighted by Gasteiger charge is -2.20. The van der Waals surface area contributed by atoms with Crippen LogP contribution in [0.15, 0.2) is 24.3 Å². The van der Waals surface area contributed by atoms with Gasteiger partial charge in [-0.3, -0.25) is 4.72 Å². The number of rotatable bonds is 4. The third kappa shape index (κ3) is 3.89. The minimum atomic E-state index is -3.35. The molecule has 0 heterocycles. The van der Waals surface area contributed by atoms with E-state index in [0.29, 0.717) is 11.6 Å². The average molecular weight is 276 g/mol. The van der Waals surface area contributed by atoms with E-state index in [4.69, 9.17) is 11.6 Å². The Morgan fingerprint density at radius 3 is 2.12 bits per heavy atom. The summed E-state index contributed by atoms with van der Waals surface area (Å²) in [6.07, 6.45) is 0.786. The zero-order chi connectivity index (χ0) is 13.1. The highest BCUT2D eigenvalue weighted by molar-refractivity contribution is 7.94. The number of alkyl halides is 1. The van der Waals surface area contributed by atoms with Gasteiger partial charge in [0.25, 0.3) is 0 Å². The first kappa shape index (κ1) is 14.3. The van der Waals surface area contributed by atoms with Crippen LogP contribution in [0, 0.1) is 0 Å². The third-order valence-electron chi connectivity index (χ3n) is 2.40. The van der Waals surface area contributed by atoms with Crippen LogP contribution in [0.4, 0.5) is 5.69 Å². The number of nitrogens with one attached hydrogen (secondary N) is 1. The lowest BCUT2D eigenvalue weighted by Crippen LogP contribution is -2.33. The van der Waals surface area contributed by atoms with Crippen LogP contribution in [0.2, 0.25) is 0 Å². The number of sulfonamides is 1. The summed E-state index contributed by atoms with van der Waals surface area (Å²) in [5.41, 5.74) is 1.68. The van der Waals surface area contributed by atoms with Crippen molar-refractivity contribution < 1.29 is 8.42 Å². The Bertz CT molecular complexity index is 460. The van der Waals surface area contributed by atoms with E-state index in [0.717, 1.165) is 12.0 Å². The van der Waals surface area contributed by atoms with Crippen molar-refractivity contribution in [2.45, 2.75) is 31.9 Å². The van der Waals surface area contributed by atoms with Crippen LogP contribution >= 0.6 is 11.6 Å². The minimum absolute atomic E-state index is 0.563. The molecule has 96 valence electrons. The predicted octanol–water partition coefficient (Wildman–Crippen LogP) is 3.01. The molecule has 0 spiro atoms. The maximum Gasteiger partial charge on any atom is 0.237 e. The highest BCUT2D eigenvalue weighted by Crippen LogP contribution is 2.19. The third-order valence-corrected chi connectivity index (χ3v) is 4.70. The van der Waals surface area contributed by atoms with E-state index in [-0.39, 0.29) is 0 Å². The van der Waals surface area contributed by atoms with Crippen LogP contribution in [-0.2, 0) is 16.4 Å². The van der Waals surface area contributed by atoms with Crippen LogP contribution < -0.4 is 4.72 Å². The average Bonchev–Trinajstić information content (AvgIpc) is 2.19. The minimum Gasteiger partial charge on any atom is -0.283 e. The fraction of sp³-hybridized carbons (Fsp3) is 0.500. The van der Waals surface area contributed by atoms with E-state index in [1.807, 2.05) is 12.1 Å². The van der Waals surface area contributed by atoms with Gasteiger partial charge >= 0.3 is 0 Å². The van der Waals surface area contributed by atoms with Crippen molar-refractivity contribution in [2.24, 2.45) is 0 Å². The number of aryl methyl sites for hydroxylation is 1. The van der Waals surface area contributed by atoms with Crippen molar-refractivity contribution >= 4 is 27.3 Å². The van der Waals surface area contributed by atoms with Gasteiger partial charge in [-0.05, 0) is 44.9 Å². The molecule has 0 saturated heterocycles. The van der Waals surface area contributed by atoms with Crippen LogP contribution in [-0.4, -0.2) is 19.0 Å². The molecule has 3 nitrogen and oxygen atoms in total. The molecule has 0 aliphatic rings. The second kappa shape index (κ2) is 5.27. The molecule has 1 N–H and O–H groups in total. The summed E-state index contributed by atoms with van der Waals surface area (Å²) in [5.74, 6) is 0.563. The molecule has 0 aromatic heterocycles. The number of halogens is 1. The molecule has 0 atom stereocenters. The molecule has 0 aliphatic heterocycles. The second-order valence-electron chi connectivity index (χ2n) is 4.85. The van der Waals surface area contributed by atoms with Crippen LogP contribution in [0.5, 0.6) is 0 Å². The van der Waals surface area contributed by atoms with Gasteiger partial charge in [-0.2, -0.15) is 0 Å². The van der Waals surface area contributed by atoms with Gasteiger partial charge in [-0.15, -0.1) is 11.6 Å². The first-order chi connectivity index (χ1) is 7.76. The lowest BCUT2D eigenvalue weighted by molar-refractivity contribution is 0.566. The van der Waals surface area contributed by atoms with Crippen molar-refractivity contribution in [3.8, 4) is 0 Å². The van der Waals surface area contributed by atoms with Crippen molar-refractivity contribution in [3.63, 3.8) is 0 Å². The summed E-state index contributed by atoms with van der Waals surface area (Å²) in [7, 11) is -3.35. The van der Waals surface area contributed by atoms with Crippen LogP contribution in [0.25, 0.3) is 0 Å². The molecule has 1 aromatic carbocycles. The first-order valence-corrected chi connectivity index (χ1v) is 7.45. The summed E-state index contributed by atoms with van der Waals surface area (Å²) in [4.78, 5) is 0. The summed E-state index contributed by atoms with van der Waals surface area (Å²) in [6, 6.07) is 7.27. The standard InChI is InChI=1S/C12H18ClNO2S/c1-12(2,3)17(15,16)14-11-6-4-10(5-7-11)8-9-13/h4-7,14H,8-9H2,1-3H3. The smallest absolute Gasteiger partial charge is 0.237 e. The van der Waals surface area contributed by atoms with E-state index in [2.05, 4.69) is 4.72 Å². The Labute approximate surface area is 108 Å². The summed E-state index contributed by atoms with van der Waals surface area (Å²) >= 11 is 5.63. The van der Waals surface area contributed by atoms with Gasteiger partial charge in [0.05, 0.1) is 4.75 Å². The summed E-state index contributed by atoms with van der Waals surface area (Å²) in [6.45, 7) is 4.99. The van der Waals surface area contributed by atoms with Gasteiger partial charge < -0.3 is 0 Å². The van der Waals surface area contributed by atoms with Crippen molar-refractivity contribution in [1.82, 2.24) is 0 Å². The normalized spacial score (nSPS) is 12.5. The Kier molecular flexibility index (Phi) is 4.44. The number of hydrogen-bond acceptors (Lipinski definition) is 2. The quantitative estimate of drug-likeness (QED) is 0.859. The molecule has 0 aliphatic carbocycles. The Morgan fingerprint density at radius 2 is 1.71 bits per heavy atom. The van der Waals surface area contributed by atoms with E-state index in [1.54, 1.807) is 32.9 Å². The van der Waals surface area contributed by atoms with Gasteiger partial charge in [-0.25, -0.2) is 8.42 Å². The summed E-state index contributed by atoms with van der Waals surface area (Å²) < 4.78 is 25.5. The molecular weight excluding hydrogens is 258 g/mol. The van der Waals surface area contributed by atoms with Gasteiger partial charge in [-0.1, -0.05) is 12.1 Å². The Hall–Kier alpha value is -0.740. The zero-order valence-corrected chi connectivity index (χ0v) is 11.9. The van der Waals surface area contributed by atoms with Gasteiger partial charge in [0, 0.05) is 11.6 Å². The lowest BCUT2D eigenvalue weighted by atomic mass is 10.2. The van der Waals surface area contributed by atoms with Crippen LogP contribution in [0.1, 0.15) is 26.3 Å². The van der Waals surface area contributed by atoms with Gasteiger partial charge in [0.2, 0.25) is 10.0 Å². The van der Waals surface area contributed by atoms with Crippen molar-refractivity contribution in [1.29, 1.82) is 0 Å². The SMILES string of the molecule is CC(C)(C)S(=O)(=O)Nc1ccc(CCCl)cc1. The molecule has 5 heteroatoms. The molecule has 0 fully saturated rings. The fourth-order valence-corrected chi connectivity index (χ4v) is 2.13. The molecule has 0 saturated carbocycles. The highest BCUT2D eigenvalue weighted by Gasteiger charge is 2.28. The summed E-state index contributed by atoms with van der Waals surface area (Å²) in [5, 5.41) is 0. The van der Waals surface area contributed by atoms with Crippen molar-refractivity contribution in [2.75, 3.05) is 10.6 Å². The molecule has 0 bridgehead atoms. The maximum absolute atomic E-state index is 11.9. The number of anilines is 1. The molecule has 0 unspecified atom stereocenters. The largest absolute Gasteiger partial charge is 0.283 e. The number of benzene rings is 1. The van der Waals surface area contributed by atoms with Crippen LogP contribution in [0.3, 0.4) is 0 Å². The molecule has 1 rings (SSSR count). The second-order valence-corrected chi connectivity index (χ2v) is 7.67. The molecule has 0 amide bonds. The molecule has 0 radical (unpaired) electrons. The van der Waals surface area contributed by atoms with E-state index in [9.17, 15) is 8.42 Å². The van der Waals surface area contributed by atoms with E-state index < -0.39 is 14.8 Å². The molecule has 17 heavy (non-hydrogen) atoms. The van der Waals surface area contributed by atoms with Gasteiger partial charge in [0.1, 0.15) is 0 Å². The predicted molar refractivity (Wildman–Crippen MR) is 73.2 cm³/mol.